The number of nitrogens with zero attached hydrogens (tertiary/aromatic N) is 2. The van der Waals surface area contributed by atoms with Gasteiger partial charge in [-0.05, 0) is 33.7 Å². The molecule has 0 heterocycles. The number of fused-ring (bicyclic) bond motifs is 2. The first-order valence-electron chi connectivity index (χ1n) is 6.57. The Bertz CT molecular complexity index is 859. The lowest BCUT2D eigenvalue weighted by atomic mass is 9.96. The first-order chi connectivity index (χ1) is 10.7. The second kappa shape index (κ2) is 5.25. The molecule has 6 N–H and O–H groups in total. The highest BCUT2D eigenvalue weighted by Gasteiger charge is 2.10. The highest BCUT2D eigenvalue weighted by molar-refractivity contribution is 6.15. The molecule has 0 bridgehead atoms. The average molecular weight is 294 g/mol. The Morgan fingerprint density at radius 2 is 1.18 bits per heavy atom. The summed E-state index contributed by atoms with van der Waals surface area (Å²) in [6, 6.07) is 15.0. The zero-order chi connectivity index (χ0) is 15.7. The molecule has 22 heavy (non-hydrogen) atoms. The van der Waals surface area contributed by atoms with Gasteiger partial charge < -0.3 is 21.9 Å². The Hall–Kier alpha value is -3.28. The fourth-order valence-electron chi connectivity index (χ4n) is 2.61. The third kappa shape index (κ3) is 2.07. The fourth-order valence-corrected chi connectivity index (χ4v) is 2.61. The van der Waals surface area contributed by atoms with E-state index in [1.807, 2.05) is 36.4 Å². The number of benzene rings is 3. The van der Waals surface area contributed by atoms with Crippen LogP contribution in [0.2, 0.25) is 0 Å². The Balaban J connectivity index is 2.44. The smallest absolute Gasteiger partial charge is 0.170 e. The lowest BCUT2D eigenvalue weighted by Gasteiger charge is -2.10. The van der Waals surface area contributed by atoms with Crippen molar-refractivity contribution in [2.75, 3.05) is 0 Å². The van der Waals surface area contributed by atoms with Gasteiger partial charge >= 0.3 is 0 Å². The second-order valence-electron chi connectivity index (χ2n) is 4.88. The van der Waals surface area contributed by atoms with E-state index in [-0.39, 0.29) is 11.7 Å². The van der Waals surface area contributed by atoms with Crippen LogP contribution in [0.5, 0.6) is 0 Å². The van der Waals surface area contributed by atoms with Gasteiger partial charge in [-0.2, -0.15) is 0 Å². The molecule has 0 aliphatic carbocycles. The van der Waals surface area contributed by atoms with E-state index in [0.29, 0.717) is 11.1 Å². The van der Waals surface area contributed by atoms with E-state index in [2.05, 4.69) is 10.3 Å². The summed E-state index contributed by atoms with van der Waals surface area (Å²) >= 11 is 0. The molecule has 0 unspecified atom stereocenters. The minimum absolute atomic E-state index is 0.0335. The van der Waals surface area contributed by atoms with E-state index in [1.165, 1.54) is 0 Å². The standard InChI is InChI=1S/C16H14N4O2/c17-15(19-21)11-5-1-3-9-7-10-4-2-6-12(16(18)20-22)14(10)8-13(9)11/h1-8,21-22H,(H2,17,19)(H2,18,20). The van der Waals surface area contributed by atoms with Crippen molar-refractivity contribution in [3.05, 3.63) is 59.7 Å². The van der Waals surface area contributed by atoms with Gasteiger partial charge in [-0.25, -0.2) is 0 Å². The number of hydrogen-bond donors (Lipinski definition) is 4. The second-order valence-corrected chi connectivity index (χ2v) is 4.88. The van der Waals surface area contributed by atoms with E-state index in [1.54, 1.807) is 12.1 Å². The number of rotatable bonds is 2. The van der Waals surface area contributed by atoms with Crippen LogP contribution < -0.4 is 11.5 Å². The molecule has 110 valence electrons. The van der Waals surface area contributed by atoms with Crippen molar-refractivity contribution in [1.29, 1.82) is 0 Å². The summed E-state index contributed by atoms with van der Waals surface area (Å²) in [5.74, 6) is 0.0671. The van der Waals surface area contributed by atoms with Crippen LogP contribution in [0.15, 0.2) is 58.8 Å². The molecule has 0 fully saturated rings. The van der Waals surface area contributed by atoms with Crippen LogP contribution in [0.3, 0.4) is 0 Å². The number of amidine groups is 2. The largest absolute Gasteiger partial charge is 0.409 e. The summed E-state index contributed by atoms with van der Waals surface area (Å²) in [5, 5.41) is 27.6. The first kappa shape index (κ1) is 13.7. The molecule has 6 heteroatoms. The van der Waals surface area contributed by atoms with Gasteiger partial charge in [-0.1, -0.05) is 46.7 Å². The van der Waals surface area contributed by atoms with Gasteiger partial charge in [0.1, 0.15) is 0 Å². The van der Waals surface area contributed by atoms with Gasteiger partial charge in [0, 0.05) is 11.1 Å². The van der Waals surface area contributed by atoms with Gasteiger partial charge in [-0.3, -0.25) is 0 Å². The van der Waals surface area contributed by atoms with E-state index in [0.717, 1.165) is 21.5 Å². The molecule has 0 saturated heterocycles. The summed E-state index contributed by atoms with van der Waals surface area (Å²) in [4.78, 5) is 0. The Kier molecular flexibility index (Phi) is 3.27. The summed E-state index contributed by atoms with van der Waals surface area (Å²) in [7, 11) is 0. The molecule has 0 amide bonds. The monoisotopic (exact) mass is 294 g/mol. The van der Waals surface area contributed by atoms with E-state index in [9.17, 15) is 0 Å². The van der Waals surface area contributed by atoms with E-state index in [4.69, 9.17) is 21.9 Å². The van der Waals surface area contributed by atoms with Crippen LogP contribution in [-0.4, -0.2) is 22.1 Å². The van der Waals surface area contributed by atoms with Crippen LogP contribution in [0.4, 0.5) is 0 Å². The van der Waals surface area contributed by atoms with Crippen LogP contribution in [0.1, 0.15) is 11.1 Å². The minimum atomic E-state index is 0.0335. The molecule has 0 spiro atoms. The van der Waals surface area contributed by atoms with Gasteiger partial charge in [0.2, 0.25) is 0 Å². The molecule has 0 saturated carbocycles. The summed E-state index contributed by atoms with van der Waals surface area (Å²) < 4.78 is 0. The number of nitrogens with two attached hydrogens (primary N) is 2. The minimum Gasteiger partial charge on any atom is -0.409 e. The molecule has 0 aliphatic rings. The normalized spacial score (nSPS) is 12.9. The topological polar surface area (TPSA) is 117 Å². The van der Waals surface area contributed by atoms with Crippen molar-refractivity contribution < 1.29 is 10.4 Å². The van der Waals surface area contributed by atoms with Crippen LogP contribution in [0, 0.1) is 0 Å². The molecular weight excluding hydrogens is 280 g/mol. The molecule has 3 aromatic carbocycles. The molecule has 0 atom stereocenters. The van der Waals surface area contributed by atoms with E-state index < -0.39 is 0 Å². The van der Waals surface area contributed by atoms with Crippen molar-refractivity contribution >= 4 is 33.2 Å². The maximum atomic E-state index is 8.93. The van der Waals surface area contributed by atoms with Crippen molar-refractivity contribution in [1.82, 2.24) is 0 Å². The van der Waals surface area contributed by atoms with Crippen LogP contribution in [0.25, 0.3) is 21.5 Å². The predicted octanol–water partition coefficient (Wildman–Crippen LogP) is 2.18. The summed E-state index contributed by atoms with van der Waals surface area (Å²) in [6.07, 6.45) is 0. The fraction of sp³-hybridized carbons (Fsp3) is 0. The molecule has 0 radical (unpaired) electrons. The van der Waals surface area contributed by atoms with Crippen molar-refractivity contribution in [3.8, 4) is 0 Å². The first-order valence-corrected chi connectivity index (χ1v) is 6.57. The summed E-state index contributed by atoms with van der Waals surface area (Å²) in [5.41, 5.74) is 12.7. The van der Waals surface area contributed by atoms with Gasteiger partial charge in [0.15, 0.2) is 11.7 Å². The molecule has 3 aromatic rings. The molecule has 0 aliphatic heterocycles. The Labute approximate surface area is 125 Å². The lowest BCUT2D eigenvalue weighted by molar-refractivity contribution is 0.318. The quantitative estimate of drug-likeness (QED) is 0.190. The molecular formula is C16H14N4O2. The Morgan fingerprint density at radius 3 is 1.59 bits per heavy atom. The lowest BCUT2D eigenvalue weighted by Crippen LogP contribution is -2.14. The van der Waals surface area contributed by atoms with E-state index >= 15 is 0 Å². The maximum Gasteiger partial charge on any atom is 0.170 e. The molecule has 3 rings (SSSR count). The molecule has 0 aromatic heterocycles. The van der Waals surface area contributed by atoms with Crippen molar-refractivity contribution in [2.24, 2.45) is 21.8 Å². The third-order valence-electron chi connectivity index (χ3n) is 3.65. The number of hydrogen-bond acceptors (Lipinski definition) is 4. The summed E-state index contributed by atoms with van der Waals surface area (Å²) in [6.45, 7) is 0. The Morgan fingerprint density at radius 1 is 0.727 bits per heavy atom. The van der Waals surface area contributed by atoms with Gasteiger partial charge in [-0.15, -0.1) is 0 Å². The zero-order valence-corrected chi connectivity index (χ0v) is 11.6. The van der Waals surface area contributed by atoms with Crippen molar-refractivity contribution in [2.45, 2.75) is 0 Å². The average Bonchev–Trinajstić information content (AvgIpc) is 2.57. The third-order valence-corrected chi connectivity index (χ3v) is 3.65. The van der Waals surface area contributed by atoms with Crippen LogP contribution in [-0.2, 0) is 0 Å². The zero-order valence-electron chi connectivity index (χ0n) is 11.6. The highest BCUT2D eigenvalue weighted by Crippen LogP contribution is 2.27. The van der Waals surface area contributed by atoms with Crippen molar-refractivity contribution in [3.63, 3.8) is 0 Å². The SMILES string of the molecule is N/C(=N\O)c1cccc2cc3cccc(/C(N)=N/O)c3cc12. The van der Waals surface area contributed by atoms with Crippen LogP contribution >= 0.6 is 0 Å². The predicted molar refractivity (Wildman–Crippen MR) is 86.5 cm³/mol. The van der Waals surface area contributed by atoms with Gasteiger partial charge in [0.05, 0.1) is 0 Å². The maximum absolute atomic E-state index is 8.93. The molecule has 6 nitrogen and oxygen atoms in total. The van der Waals surface area contributed by atoms with Gasteiger partial charge in [0.25, 0.3) is 0 Å². The highest BCUT2D eigenvalue weighted by atomic mass is 16.4. The number of oxime groups is 2.